The predicted molar refractivity (Wildman–Crippen MR) is 107 cm³/mol. The number of nitriles is 1. The van der Waals surface area contributed by atoms with Crippen LogP contribution in [0.5, 0.6) is 0 Å². The van der Waals surface area contributed by atoms with Gasteiger partial charge in [0.15, 0.2) is 5.76 Å². The number of carbonyl (C=O) groups is 1. The van der Waals surface area contributed by atoms with E-state index in [2.05, 4.69) is 18.3 Å². The molecule has 1 aromatic carbocycles. The molecule has 0 unspecified atom stereocenters. The molecule has 27 heavy (non-hydrogen) atoms. The Morgan fingerprint density at radius 1 is 1.37 bits per heavy atom. The largest absolute Gasteiger partial charge is 0.451 e. The summed E-state index contributed by atoms with van der Waals surface area (Å²) < 4.78 is 5.70. The molecule has 1 amide bonds. The number of rotatable bonds is 3. The molecular formula is C21H17ClN2O2S. The summed E-state index contributed by atoms with van der Waals surface area (Å²) in [5, 5.41) is 13.6. The number of hydrogen-bond acceptors (Lipinski definition) is 4. The van der Waals surface area contributed by atoms with Crippen molar-refractivity contribution in [2.24, 2.45) is 5.92 Å². The van der Waals surface area contributed by atoms with Crippen molar-refractivity contribution in [2.45, 2.75) is 26.2 Å². The van der Waals surface area contributed by atoms with Gasteiger partial charge in [0.1, 0.15) is 16.8 Å². The summed E-state index contributed by atoms with van der Waals surface area (Å²) in [5.41, 5.74) is 2.49. The standard InChI is InChI=1S/C21H17ClN2O2S/c1-12-5-6-15-16(11-23)21(27-19(15)9-12)24-20(25)18-8-7-17(26-18)13-3-2-4-14(22)10-13/h2-4,7-8,10,12H,5-6,9H2,1H3,(H,24,25)/t12-/m0/s1. The van der Waals surface area contributed by atoms with Crippen molar-refractivity contribution in [3.05, 3.63) is 63.2 Å². The third kappa shape index (κ3) is 3.51. The molecular weight excluding hydrogens is 380 g/mol. The third-order valence-electron chi connectivity index (χ3n) is 4.79. The quantitative estimate of drug-likeness (QED) is 0.598. The number of nitrogens with one attached hydrogen (secondary N) is 1. The highest BCUT2D eigenvalue weighted by Crippen LogP contribution is 2.39. The molecule has 0 bridgehead atoms. The third-order valence-corrected chi connectivity index (χ3v) is 6.19. The van der Waals surface area contributed by atoms with Crippen molar-refractivity contribution in [1.29, 1.82) is 5.26 Å². The molecule has 0 saturated heterocycles. The van der Waals surface area contributed by atoms with E-state index in [1.165, 1.54) is 16.2 Å². The molecule has 1 aliphatic carbocycles. The Morgan fingerprint density at radius 2 is 2.22 bits per heavy atom. The summed E-state index contributed by atoms with van der Waals surface area (Å²) in [6.45, 7) is 2.22. The van der Waals surface area contributed by atoms with Gasteiger partial charge in [0.25, 0.3) is 5.91 Å². The number of furan rings is 1. The number of nitrogens with zero attached hydrogens (tertiary/aromatic N) is 1. The number of halogens is 1. The van der Waals surface area contributed by atoms with Crippen molar-refractivity contribution < 1.29 is 9.21 Å². The van der Waals surface area contributed by atoms with E-state index < -0.39 is 0 Å². The van der Waals surface area contributed by atoms with Crippen LogP contribution in [0.2, 0.25) is 5.02 Å². The van der Waals surface area contributed by atoms with Crippen LogP contribution in [-0.4, -0.2) is 5.91 Å². The SMILES string of the molecule is C[C@H]1CCc2c(sc(NC(=O)c3ccc(-c4cccc(Cl)c4)o3)c2C#N)C1. The molecule has 0 aliphatic heterocycles. The molecule has 0 fully saturated rings. The van der Waals surface area contributed by atoms with Crippen LogP contribution >= 0.6 is 22.9 Å². The molecule has 1 aliphatic rings. The van der Waals surface area contributed by atoms with Gasteiger partial charge in [-0.15, -0.1) is 11.3 Å². The van der Waals surface area contributed by atoms with Crippen molar-refractivity contribution in [2.75, 3.05) is 5.32 Å². The second kappa shape index (κ2) is 7.22. The van der Waals surface area contributed by atoms with Gasteiger partial charge in [-0.1, -0.05) is 30.7 Å². The van der Waals surface area contributed by atoms with Gasteiger partial charge < -0.3 is 9.73 Å². The summed E-state index contributed by atoms with van der Waals surface area (Å²) in [7, 11) is 0. The Morgan fingerprint density at radius 3 is 3.00 bits per heavy atom. The summed E-state index contributed by atoms with van der Waals surface area (Å²) in [6, 6.07) is 12.9. The molecule has 2 aromatic heterocycles. The molecule has 4 rings (SSSR count). The normalized spacial score (nSPS) is 15.8. The molecule has 0 saturated carbocycles. The number of hydrogen-bond donors (Lipinski definition) is 1. The van der Waals surface area contributed by atoms with E-state index in [9.17, 15) is 10.1 Å². The molecule has 4 nitrogen and oxygen atoms in total. The number of carbonyl (C=O) groups excluding carboxylic acids is 1. The Kier molecular flexibility index (Phi) is 4.77. The Labute approximate surface area is 166 Å². The molecule has 0 radical (unpaired) electrons. The van der Waals surface area contributed by atoms with Crippen LogP contribution in [0.15, 0.2) is 40.8 Å². The Hall–Kier alpha value is -2.55. The van der Waals surface area contributed by atoms with Crippen LogP contribution in [0.4, 0.5) is 5.00 Å². The molecule has 6 heteroatoms. The maximum atomic E-state index is 12.6. The van der Waals surface area contributed by atoms with Crippen LogP contribution in [0, 0.1) is 17.2 Å². The van der Waals surface area contributed by atoms with Crippen LogP contribution in [0.3, 0.4) is 0 Å². The van der Waals surface area contributed by atoms with E-state index >= 15 is 0 Å². The number of fused-ring (bicyclic) bond motifs is 1. The minimum atomic E-state index is -0.355. The lowest BCUT2D eigenvalue weighted by atomic mass is 9.89. The molecule has 1 N–H and O–H groups in total. The van der Waals surface area contributed by atoms with E-state index in [4.69, 9.17) is 16.0 Å². The maximum absolute atomic E-state index is 12.6. The Bertz CT molecular complexity index is 1060. The van der Waals surface area contributed by atoms with Crippen LogP contribution < -0.4 is 5.32 Å². The molecule has 2 heterocycles. The first-order valence-corrected chi connectivity index (χ1v) is 9.96. The van der Waals surface area contributed by atoms with Gasteiger partial charge >= 0.3 is 0 Å². The topological polar surface area (TPSA) is 66.0 Å². The highest BCUT2D eigenvalue weighted by Gasteiger charge is 2.25. The minimum absolute atomic E-state index is 0.202. The lowest BCUT2D eigenvalue weighted by Gasteiger charge is -2.17. The summed E-state index contributed by atoms with van der Waals surface area (Å²) in [6.07, 6.45) is 2.93. The fraction of sp³-hybridized carbons (Fsp3) is 0.238. The number of amides is 1. The molecule has 136 valence electrons. The lowest BCUT2D eigenvalue weighted by Crippen LogP contribution is -2.11. The van der Waals surface area contributed by atoms with E-state index in [1.54, 1.807) is 24.3 Å². The highest BCUT2D eigenvalue weighted by atomic mass is 35.5. The van der Waals surface area contributed by atoms with Crippen molar-refractivity contribution >= 4 is 33.8 Å². The van der Waals surface area contributed by atoms with Crippen LogP contribution in [0.25, 0.3) is 11.3 Å². The average Bonchev–Trinajstić information content (AvgIpc) is 3.25. The average molecular weight is 397 g/mol. The van der Waals surface area contributed by atoms with Gasteiger partial charge in [0.05, 0.1) is 5.56 Å². The van der Waals surface area contributed by atoms with Gasteiger partial charge in [0, 0.05) is 15.5 Å². The highest BCUT2D eigenvalue weighted by molar-refractivity contribution is 7.16. The minimum Gasteiger partial charge on any atom is -0.451 e. The van der Waals surface area contributed by atoms with E-state index in [-0.39, 0.29) is 11.7 Å². The summed E-state index contributed by atoms with van der Waals surface area (Å²) in [5.74, 6) is 1.03. The van der Waals surface area contributed by atoms with Gasteiger partial charge in [0.2, 0.25) is 0 Å². The van der Waals surface area contributed by atoms with E-state index in [1.807, 2.05) is 12.1 Å². The molecule has 1 atom stereocenters. The molecule has 3 aromatic rings. The van der Waals surface area contributed by atoms with E-state index in [0.29, 0.717) is 27.3 Å². The zero-order chi connectivity index (χ0) is 19.0. The second-order valence-corrected chi connectivity index (χ2v) is 8.34. The summed E-state index contributed by atoms with van der Waals surface area (Å²) >= 11 is 7.52. The first kappa shape index (κ1) is 17.8. The smallest absolute Gasteiger partial charge is 0.292 e. The first-order chi connectivity index (χ1) is 13.0. The zero-order valence-electron chi connectivity index (χ0n) is 14.7. The van der Waals surface area contributed by atoms with Gasteiger partial charge in [-0.2, -0.15) is 5.26 Å². The van der Waals surface area contributed by atoms with E-state index in [0.717, 1.165) is 30.4 Å². The summed E-state index contributed by atoms with van der Waals surface area (Å²) in [4.78, 5) is 13.8. The lowest BCUT2D eigenvalue weighted by molar-refractivity contribution is 0.0998. The molecule has 0 spiro atoms. The number of anilines is 1. The fourth-order valence-electron chi connectivity index (χ4n) is 3.38. The maximum Gasteiger partial charge on any atom is 0.292 e. The van der Waals surface area contributed by atoms with Crippen molar-refractivity contribution in [1.82, 2.24) is 0 Å². The Balaban J connectivity index is 1.58. The zero-order valence-corrected chi connectivity index (χ0v) is 16.3. The second-order valence-electron chi connectivity index (χ2n) is 6.80. The fourth-order valence-corrected chi connectivity index (χ4v) is 4.93. The van der Waals surface area contributed by atoms with Crippen LogP contribution in [0.1, 0.15) is 39.9 Å². The van der Waals surface area contributed by atoms with Gasteiger partial charge in [-0.05, 0) is 55.0 Å². The van der Waals surface area contributed by atoms with Gasteiger partial charge in [-0.3, -0.25) is 4.79 Å². The number of benzene rings is 1. The predicted octanol–water partition coefficient (Wildman–Crippen LogP) is 5.91. The van der Waals surface area contributed by atoms with Crippen molar-refractivity contribution in [3.8, 4) is 17.4 Å². The monoisotopic (exact) mass is 396 g/mol. The van der Waals surface area contributed by atoms with Gasteiger partial charge in [-0.25, -0.2) is 0 Å². The van der Waals surface area contributed by atoms with Crippen LogP contribution in [-0.2, 0) is 12.8 Å². The first-order valence-electron chi connectivity index (χ1n) is 8.77. The number of thiophene rings is 1. The van der Waals surface area contributed by atoms with Crippen molar-refractivity contribution in [3.63, 3.8) is 0 Å².